The van der Waals surface area contributed by atoms with Gasteiger partial charge in [0.15, 0.2) is 0 Å². The molecule has 0 spiro atoms. The molecule has 2 aromatic rings. The minimum atomic E-state index is 0.198. The second-order valence-corrected chi connectivity index (χ2v) is 5.40. The normalized spacial score (nSPS) is 19.2. The van der Waals surface area contributed by atoms with Gasteiger partial charge in [-0.2, -0.15) is 0 Å². The second kappa shape index (κ2) is 5.16. The van der Waals surface area contributed by atoms with Crippen LogP contribution in [0.25, 0.3) is 0 Å². The number of rotatable bonds is 3. The van der Waals surface area contributed by atoms with Gasteiger partial charge in [-0.1, -0.05) is 54.1 Å². The van der Waals surface area contributed by atoms with E-state index in [9.17, 15) is 0 Å². The quantitative estimate of drug-likeness (QED) is 0.650. The van der Waals surface area contributed by atoms with Crippen molar-refractivity contribution in [2.45, 2.75) is 31.7 Å². The first-order valence-electron chi connectivity index (χ1n) is 6.90. The maximum atomic E-state index is 5.84. The van der Waals surface area contributed by atoms with Crippen molar-refractivity contribution in [3.63, 3.8) is 0 Å². The molecule has 0 saturated carbocycles. The van der Waals surface area contributed by atoms with E-state index in [1.165, 1.54) is 28.7 Å². The van der Waals surface area contributed by atoms with Crippen molar-refractivity contribution in [2.24, 2.45) is 5.84 Å². The average Bonchev–Trinajstić information content (AvgIpc) is 2.84. The van der Waals surface area contributed by atoms with Crippen LogP contribution in [-0.2, 0) is 6.42 Å². The molecule has 3 N–H and O–H groups in total. The Morgan fingerprint density at radius 2 is 2.00 bits per heavy atom. The first-order chi connectivity index (χ1) is 9.29. The molecule has 0 amide bonds. The van der Waals surface area contributed by atoms with E-state index in [2.05, 4.69) is 60.9 Å². The highest BCUT2D eigenvalue weighted by atomic mass is 15.2. The fraction of sp³-hybridized carbons (Fsp3) is 0.294. The van der Waals surface area contributed by atoms with Gasteiger partial charge in [0.25, 0.3) is 0 Å². The highest BCUT2D eigenvalue weighted by Gasteiger charge is 2.29. The smallest absolute Gasteiger partial charge is 0.0528 e. The summed E-state index contributed by atoms with van der Waals surface area (Å²) in [6, 6.07) is 17.6. The molecule has 2 nitrogen and oxygen atoms in total. The van der Waals surface area contributed by atoms with Crippen molar-refractivity contribution in [3.05, 3.63) is 70.8 Å². The third kappa shape index (κ3) is 2.29. The zero-order valence-corrected chi connectivity index (χ0v) is 11.3. The van der Waals surface area contributed by atoms with Crippen LogP contribution in [0.15, 0.2) is 48.5 Å². The van der Waals surface area contributed by atoms with Gasteiger partial charge in [0, 0.05) is 5.92 Å². The van der Waals surface area contributed by atoms with Crippen molar-refractivity contribution in [2.75, 3.05) is 0 Å². The van der Waals surface area contributed by atoms with Gasteiger partial charge < -0.3 is 0 Å². The topological polar surface area (TPSA) is 38.0 Å². The molecular formula is C17H20N2. The highest BCUT2D eigenvalue weighted by Crippen LogP contribution is 2.41. The highest BCUT2D eigenvalue weighted by molar-refractivity contribution is 5.38. The maximum Gasteiger partial charge on any atom is 0.0528 e. The summed E-state index contributed by atoms with van der Waals surface area (Å²) in [7, 11) is 0. The summed E-state index contributed by atoms with van der Waals surface area (Å²) < 4.78 is 0. The fourth-order valence-electron chi connectivity index (χ4n) is 3.24. The van der Waals surface area contributed by atoms with E-state index in [0.29, 0.717) is 5.92 Å². The zero-order chi connectivity index (χ0) is 13.2. The minimum Gasteiger partial charge on any atom is -0.271 e. The standard InChI is InChI=1S/C17H20N2/c1-12-5-4-7-14(11-12)17(19-18)16-10-9-13-6-2-3-8-15(13)16/h2-8,11,16-17,19H,9-10,18H2,1H3. The van der Waals surface area contributed by atoms with Gasteiger partial charge in [-0.25, -0.2) is 0 Å². The van der Waals surface area contributed by atoms with Crippen LogP contribution in [0.2, 0.25) is 0 Å². The van der Waals surface area contributed by atoms with E-state index < -0.39 is 0 Å². The molecule has 0 bridgehead atoms. The molecular weight excluding hydrogens is 232 g/mol. The van der Waals surface area contributed by atoms with E-state index >= 15 is 0 Å². The Balaban J connectivity index is 1.96. The van der Waals surface area contributed by atoms with Crippen LogP contribution in [0.4, 0.5) is 0 Å². The van der Waals surface area contributed by atoms with Crippen molar-refractivity contribution < 1.29 is 0 Å². The number of fused-ring (bicyclic) bond motifs is 1. The predicted octanol–water partition coefficient (Wildman–Crippen LogP) is 3.23. The number of hydrogen-bond acceptors (Lipinski definition) is 2. The van der Waals surface area contributed by atoms with Gasteiger partial charge in [-0.15, -0.1) is 0 Å². The number of hydrazine groups is 1. The molecule has 2 aromatic carbocycles. The Labute approximate surface area is 114 Å². The van der Waals surface area contributed by atoms with Crippen LogP contribution >= 0.6 is 0 Å². The molecule has 1 aliphatic rings. The molecule has 0 heterocycles. The first-order valence-corrected chi connectivity index (χ1v) is 6.90. The molecule has 2 atom stereocenters. The molecule has 0 fully saturated rings. The second-order valence-electron chi connectivity index (χ2n) is 5.40. The van der Waals surface area contributed by atoms with Crippen LogP contribution in [0.1, 0.15) is 40.6 Å². The lowest BCUT2D eigenvalue weighted by Gasteiger charge is -2.24. The fourth-order valence-corrected chi connectivity index (χ4v) is 3.24. The van der Waals surface area contributed by atoms with Gasteiger partial charge in [-0.3, -0.25) is 11.3 Å². The number of aryl methyl sites for hydroxylation is 2. The summed E-state index contributed by atoms with van der Waals surface area (Å²) in [6.07, 6.45) is 2.33. The molecule has 3 rings (SSSR count). The number of nitrogens with one attached hydrogen (secondary N) is 1. The summed E-state index contributed by atoms with van der Waals surface area (Å²) >= 11 is 0. The van der Waals surface area contributed by atoms with Gasteiger partial charge in [0.2, 0.25) is 0 Å². The van der Waals surface area contributed by atoms with Crippen LogP contribution in [0.5, 0.6) is 0 Å². The first kappa shape index (κ1) is 12.4. The van der Waals surface area contributed by atoms with E-state index in [1.54, 1.807) is 0 Å². The third-order valence-electron chi connectivity index (χ3n) is 4.16. The predicted molar refractivity (Wildman–Crippen MR) is 78.7 cm³/mol. The van der Waals surface area contributed by atoms with Gasteiger partial charge in [0.05, 0.1) is 6.04 Å². The summed E-state index contributed by atoms with van der Waals surface area (Å²) in [5, 5.41) is 0. The van der Waals surface area contributed by atoms with E-state index in [-0.39, 0.29) is 6.04 Å². The SMILES string of the molecule is Cc1cccc(C(NN)C2CCc3ccccc32)c1. The molecule has 0 saturated heterocycles. The number of hydrogen-bond donors (Lipinski definition) is 2. The monoisotopic (exact) mass is 252 g/mol. The Hall–Kier alpha value is -1.64. The third-order valence-corrected chi connectivity index (χ3v) is 4.16. The molecule has 2 unspecified atom stereocenters. The molecule has 0 radical (unpaired) electrons. The van der Waals surface area contributed by atoms with Gasteiger partial charge in [-0.05, 0) is 36.5 Å². The molecule has 2 heteroatoms. The summed E-state index contributed by atoms with van der Waals surface area (Å²) in [5.41, 5.74) is 8.52. The van der Waals surface area contributed by atoms with E-state index in [1.807, 2.05) is 0 Å². The minimum absolute atomic E-state index is 0.198. The summed E-state index contributed by atoms with van der Waals surface area (Å²) in [4.78, 5) is 0. The van der Waals surface area contributed by atoms with E-state index in [0.717, 1.165) is 6.42 Å². The molecule has 98 valence electrons. The lowest BCUT2D eigenvalue weighted by atomic mass is 9.88. The molecule has 0 aliphatic heterocycles. The summed E-state index contributed by atoms with van der Waals surface area (Å²) in [6.45, 7) is 2.12. The molecule has 19 heavy (non-hydrogen) atoms. The Bertz CT molecular complexity index is 577. The lowest BCUT2D eigenvalue weighted by molar-refractivity contribution is 0.453. The number of nitrogens with two attached hydrogens (primary N) is 1. The van der Waals surface area contributed by atoms with Crippen molar-refractivity contribution in [1.29, 1.82) is 0 Å². The van der Waals surface area contributed by atoms with Gasteiger partial charge >= 0.3 is 0 Å². The van der Waals surface area contributed by atoms with Crippen molar-refractivity contribution in [3.8, 4) is 0 Å². The molecule has 0 aromatic heterocycles. The van der Waals surface area contributed by atoms with Crippen molar-refractivity contribution in [1.82, 2.24) is 5.43 Å². The van der Waals surface area contributed by atoms with E-state index in [4.69, 9.17) is 5.84 Å². The Morgan fingerprint density at radius 1 is 1.16 bits per heavy atom. The Morgan fingerprint density at radius 3 is 2.79 bits per heavy atom. The number of benzene rings is 2. The van der Waals surface area contributed by atoms with Gasteiger partial charge in [0.1, 0.15) is 0 Å². The van der Waals surface area contributed by atoms with Crippen LogP contribution in [0.3, 0.4) is 0 Å². The largest absolute Gasteiger partial charge is 0.271 e. The zero-order valence-electron chi connectivity index (χ0n) is 11.3. The maximum absolute atomic E-state index is 5.84. The van der Waals surface area contributed by atoms with Crippen LogP contribution in [0, 0.1) is 6.92 Å². The average molecular weight is 252 g/mol. The van der Waals surface area contributed by atoms with Crippen molar-refractivity contribution >= 4 is 0 Å². The molecule has 1 aliphatic carbocycles. The van der Waals surface area contributed by atoms with Crippen LogP contribution < -0.4 is 11.3 Å². The summed E-state index contributed by atoms with van der Waals surface area (Å²) in [5.74, 6) is 6.32. The Kier molecular flexibility index (Phi) is 3.36. The van der Waals surface area contributed by atoms with Crippen LogP contribution in [-0.4, -0.2) is 0 Å². The lowest BCUT2D eigenvalue weighted by Crippen LogP contribution is -2.32.